The number of nitrogens with zero attached hydrogens (tertiary/aromatic N) is 5. The monoisotopic (exact) mass is 312 g/mol. The molecule has 11 heteroatoms. The molecule has 0 bridgehead atoms. The molecule has 0 aromatic carbocycles. The molecule has 0 radical (unpaired) electrons. The zero-order valence-corrected chi connectivity index (χ0v) is 10.7. The highest BCUT2D eigenvalue weighted by atomic mass is 19.4. The summed E-state index contributed by atoms with van der Waals surface area (Å²) in [6.07, 6.45) is -2.19. The van der Waals surface area contributed by atoms with Crippen LogP contribution in [0.25, 0.3) is 11.5 Å². The highest BCUT2D eigenvalue weighted by Gasteiger charge is 2.33. The maximum absolute atomic E-state index is 12.4. The van der Waals surface area contributed by atoms with Gasteiger partial charge in [-0.05, 0) is 6.07 Å². The topological polar surface area (TPSA) is 102 Å². The molecule has 3 heterocycles. The number of rotatable bonds is 3. The van der Waals surface area contributed by atoms with Crippen LogP contribution in [0.5, 0.6) is 0 Å². The number of alkyl halides is 3. The van der Waals surface area contributed by atoms with Crippen LogP contribution in [0.1, 0.15) is 11.6 Å². The minimum atomic E-state index is -4.51. The molecule has 0 aliphatic carbocycles. The molecule has 8 nitrogen and oxygen atoms in total. The third-order valence-electron chi connectivity index (χ3n) is 2.60. The molecule has 0 aliphatic heterocycles. The van der Waals surface area contributed by atoms with E-state index in [4.69, 9.17) is 4.52 Å². The Balaban J connectivity index is 1.80. The van der Waals surface area contributed by atoms with Crippen molar-refractivity contribution in [3.63, 3.8) is 0 Å². The summed E-state index contributed by atoms with van der Waals surface area (Å²) < 4.78 is 43.2. The van der Waals surface area contributed by atoms with Crippen molar-refractivity contribution in [3.8, 4) is 11.5 Å². The fraction of sp³-hybridized carbons (Fsp3) is 0.182. The molecule has 1 N–H and O–H groups in total. The first-order chi connectivity index (χ1) is 10.4. The van der Waals surface area contributed by atoms with Crippen molar-refractivity contribution in [2.45, 2.75) is 12.7 Å². The van der Waals surface area contributed by atoms with Gasteiger partial charge < -0.3 is 9.51 Å². The lowest BCUT2D eigenvalue weighted by Gasteiger charge is -2.00. The van der Waals surface area contributed by atoms with E-state index >= 15 is 0 Å². The Labute approximate surface area is 119 Å². The first kappa shape index (κ1) is 14.0. The minimum absolute atomic E-state index is 0.0360. The summed E-state index contributed by atoms with van der Waals surface area (Å²) in [5.41, 5.74) is -1.21. The predicted molar refractivity (Wildman–Crippen MR) is 64.5 cm³/mol. The first-order valence-corrected chi connectivity index (χ1v) is 5.90. The second-order valence-electron chi connectivity index (χ2n) is 4.20. The molecule has 0 saturated carbocycles. The average Bonchev–Trinajstić information content (AvgIpc) is 3.08. The number of halogens is 3. The summed E-state index contributed by atoms with van der Waals surface area (Å²) in [6, 6.07) is 2.01. The molecule has 3 aromatic rings. The Hall–Kier alpha value is -2.98. The molecular weight excluding hydrogens is 305 g/mol. The lowest BCUT2D eigenvalue weighted by molar-refractivity contribution is -0.141. The van der Waals surface area contributed by atoms with Crippen molar-refractivity contribution in [3.05, 3.63) is 46.6 Å². The maximum atomic E-state index is 12.4. The number of hydrogen-bond acceptors (Lipinski definition) is 6. The second-order valence-corrected chi connectivity index (χ2v) is 4.20. The average molecular weight is 312 g/mol. The predicted octanol–water partition coefficient (Wildman–Crippen LogP) is 1.08. The van der Waals surface area contributed by atoms with Crippen LogP contribution >= 0.6 is 0 Å². The number of aromatic amines is 1. The van der Waals surface area contributed by atoms with E-state index in [-0.39, 0.29) is 24.0 Å². The van der Waals surface area contributed by atoms with Gasteiger partial charge in [-0.1, -0.05) is 5.16 Å². The molecule has 0 fully saturated rings. The highest BCUT2D eigenvalue weighted by molar-refractivity contribution is 5.46. The van der Waals surface area contributed by atoms with E-state index in [1.807, 2.05) is 0 Å². The molecule has 114 valence electrons. The molecule has 0 unspecified atom stereocenters. The van der Waals surface area contributed by atoms with Gasteiger partial charge in [-0.3, -0.25) is 9.48 Å². The van der Waals surface area contributed by atoms with Crippen LogP contribution in [0.2, 0.25) is 0 Å². The molecule has 0 spiro atoms. The van der Waals surface area contributed by atoms with Crippen molar-refractivity contribution < 1.29 is 17.7 Å². The third kappa shape index (κ3) is 2.87. The van der Waals surface area contributed by atoms with Gasteiger partial charge >= 0.3 is 6.18 Å². The standard InChI is InChI=1S/C11H7F3N6O2/c12-11(13,14)7-1-2-20(18-7)4-9-17-10(19-22-9)6-3-8(21)16-5-15-6/h1-3,5H,4H2,(H,15,16,21). The molecule has 0 amide bonds. The van der Waals surface area contributed by atoms with Crippen LogP contribution in [0.4, 0.5) is 13.2 Å². The molecule has 22 heavy (non-hydrogen) atoms. The molecule has 3 rings (SSSR count). The maximum Gasteiger partial charge on any atom is 0.435 e. The zero-order chi connectivity index (χ0) is 15.7. The van der Waals surface area contributed by atoms with Crippen LogP contribution in [-0.4, -0.2) is 29.9 Å². The van der Waals surface area contributed by atoms with Gasteiger partial charge in [0.1, 0.15) is 12.2 Å². The second kappa shape index (κ2) is 5.09. The van der Waals surface area contributed by atoms with E-state index in [1.165, 1.54) is 12.4 Å². The van der Waals surface area contributed by atoms with Crippen LogP contribution in [0, 0.1) is 0 Å². The Morgan fingerprint density at radius 2 is 2.18 bits per heavy atom. The summed E-state index contributed by atoms with van der Waals surface area (Å²) in [6.45, 7) is -0.133. The van der Waals surface area contributed by atoms with Crippen molar-refractivity contribution in [2.75, 3.05) is 0 Å². The first-order valence-electron chi connectivity index (χ1n) is 5.90. The Morgan fingerprint density at radius 3 is 2.86 bits per heavy atom. The highest BCUT2D eigenvalue weighted by Crippen LogP contribution is 2.27. The molecule has 3 aromatic heterocycles. The van der Waals surface area contributed by atoms with E-state index in [0.717, 1.165) is 16.9 Å². The zero-order valence-electron chi connectivity index (χ0n) is 10.7. The van der Waals surface area contributed by atoms with Gasteiger partial charge in [0.15, 0.2) is 5.69 Å². The fourth-order valence-corrected chi connectivity index (χ4v) is 1.65. The fourth-order valence-electron chi connectivity index (χ4n) is 1.65. The van der Waals surface area contributed by atoms with Gasteiger partial charge in [-0.25, -0.2) is 4.98 Å². The lowest BCUT2D eigenvalue weighted by Crippen LogP contribution is -2.08. The number of H-pyrrole nitrogens is 1. The lowest BCUT2D eigenvalue weighted by atomic mass is 10.4. The van der Waals surface area contributed by atoms with Crippen molar-refractivity contribution in [1.82, 2.24) is 29.9 Å². The third-order valence-corrected chi connectivity index (χ3v) is 2.60. The molecule has 0 atom stereocenters. The van der Waals surface area contributed by atoms with Crippen molar-refractivity contribution >= 4 is 0 Å². The Morgan fingerprint density at radius 1 is 1.36 bits per heavy atom. The molecule has 0 saturated heterocycles. The molecular formula is C11H7F3N6O2. The summed E-state index contributed by atoms with van der Waals surface area (Å²) in [5.74, 6) is 0.0956. The van der Waals surface area contributed by atoms with Crippen molar-refractivity contribution in [1.29, 1.82) is 0 Å². The van der Waals surface area contributed by atoms with Crippen LogP contribution < -0.4 is 5.56 Å². The van der Waals surface area contributed by atoms with Gasteiger partial charge in [-0.15, -0.1) is 0 Å². The summed E-state index contributed by atoms with van der Waals surface area (Å²) in [4.78, 5) is 21.3. The SMILES string of the molecule is O=c1cc(-c2noc(Cn3ccc(C(F)(F)F)n3)n2)nc[nH]1. The number of hydrogen-bond donors (Lipinski definition) is 1. The summed E-state index contributed by atoms with van der Waals surface area (Å²) in [5, 5.41) is 6.98. The quantitative estimate of drug-likeness (QED) is 0.776. The van der Waals surface area contributed by atoms with Crippen LogP contribution in [-0.2, 0) is 12.7 Å². The number of aromatic nitrogens is 6. The minimum Gasteiger partial charge on any atom is -0.337 e. The van der Waals surface area contributed by atoms with E-state index < -0.39 is 17.4 Å². The van der Waals surface area contributed by atoms with E-state index in [2.05, 4.69) is 25.2 Å². The van der Waals surface area contributed by atoms with Crippen molar-refractivity contribution in [2.24, 2.45) is 0 Å². The summed E-state index contributed by atoms with van der Waals surface area (Å²) in [7, 11) is 0. The van der Waals surface area contributed by atoms with Gasteiger partial charge in [0.25, 0.3) is 5.56 Å². The largest absolute Gasteiger partial charge is 0.435 e. The van der Waals surface area contributed by atoms with Crippen LogP contribution in [0.3, 0.4) is 0 Å². The summed E-state index contributed by atoms with van der Waals surface area (Å²) >= 11 is 0. The van der Waals surface area contributed by atoms with E-state index in [0.29, 0.717) is 0 Å². The van der Waals surface area contributed by atoms with Crippen LogP contribution in [0.15, 0.2) is 34.0 Å². The normalized spacial score (nSPS) is 11.8. The van der Waals surface area contributed by atoms with Gasteiger partial charge in [-0.2, -0.15) is 23.3 Å². The van der Waals surface area contributed by atoms with Gasteiger partial charge in [0.05, 0.1) is 6.33 Å². The molecule has 0 aliphatic rings. The van der Waals surface area contributed by atoms with E-state index in [9.17, 15) is 18.0 Å². The Kier molecular flexibility index (Phi) is 3.23. The van der Waals surface area contributed by atoms with Gasteiger partial charge in [0.2, 0.25) is 11.7 Å². The Bertz CT molecular complexity index is 850. The smallest absolute Gasteiger partial charge is 0.337 e. The van der Waals surface area contributed by atoms with E-state index in [1.54, 1.807) is 0 Å². The number of nitrogens with one attached hydrogen (secondary N) is 1. The van der Waals surface area contributed by atoms with Gasteiger partial charge in [0, 0.05) is 12.3 Å².